The van der Waals surface area contributed by atoms with Gasteiger partial charge in [-0.1, -0.05) is 43.9 Å². The van der Waals surface area contributed by atoms with E-state index in [1.165, 1.54) is 38.5 Å². The lowest BCUT2D eigenvalue weighted by molar-refractivity contribution is 0.287. The van der Waals surface area contributed by atoms with Gasteiger partial charge in [-0.2, -0.15) is 0 Å². The normalized spacial score (nSPS) is 18.9. The van der Waals surface area contributed by atoms with Gasteiger partial charge in [0.15, 0.2) is 11.6 Å². The van der Waals surface area contributed by atoms with E-state index in [2.05, 4.69) is 12.2 Å². The van der Waals surface area contributed by atoms with Crippen LogP contribution in [-0.2, 0) is 6.42 Å². The minimum atomic E-state index is -0.168. The van der Waals surface area contributed by atoms with Crippen LogP contribution in [-0.4, -0.2) is 6.61 Å². The lowest BCUT2D eigenvalue weighted by Gasteiger charge is -2.12. The van der Waals surface area contributed by atoms with E-state index in [0.29, 0.717) is 12.4 Å². The molecule has 2 aliphatic carbocycles. The third-order valence-corrected chi connectivity index (χ3v) is 5.33. The van der Waals surface area contributed by atoms with Crippen molar-refractivity contribution in [2.45, 2.75) is 64.7 Å². The summed E-state index contributed by atoms with van der Waals surface area (Å²) in [5.41, 5.74) is 1.86. The number of rotatable bonds is 8. The van der Waals surface area contributed by atoms with Crippen LogP contribution in [0.5, 0.6) is 5.75 Å². The van der Waals surface area contributed by atoms with Gasteiger partial charge in [0, 0.05) is 0 Å². The van der Waals surface area contributed by atoms with Crippen LogP contribution >= 0.6 is 0 Å². The van der Waals surface area contributed by atoms with Gasteiger partial charge in [0.05, 0.1) is 6.61 Å². The monoisotopic (exact) mass is 316 g/mol. The molecule has 3 rings (SSSR count). The lowest BCUT2D eigenvalue weighted by atomic mass is 10.0. The molecule has 0 amide bonds. The molecule has 126 valence electrons. The highest BCUT2D eigenvalue weighted by molar-refractivity contribution is 5.37. The molecule has 0 aliphatic heterocycles. The Bertz CT molecular complexity index is 539. The highest BCUT2D eigenvalue weighted by Gasteiger charge is 2.21. The molecule has 0 spiro atoms. The second-order valence-electron chi connectivity index (χ2n) is 7.25. The van der Waals surface area contributed by atoms with Crippen molar-refractivity contribution >= 4 is 0 Å². The first kappa shape index (κ1) is 16.5. The van der Waals surface area contributed by atoms with Crippen LogP contribution in [0.1, 0.15) is 62.5 Å². The van der Waals surface area contributed by atoms with Crippen molar-refractivity contribution in [1.29, 1.82) is 0 Å². The Hall–Kier alpha value is -1.31. The minimum Gasteiger partial charge on any atom is -0.490 e. The summed E-state index contributed by atoms with van der Waals surface area (Å²) in [5, 5.41) is 0. The van der Waals surface area contributed by atoms with Crippen LogP contribution in [0, 0.1) is 24.6 Å². The molecular formula is C21H29FO. The van der Waals surface area contributed by atoms with Gasteiger partial charge in [0.1, 0.15) is 0 Å². The predicted octanol–water partition coefficient (Wildman–Crippen LogP) is 5.99. The Labute approximate surface area is 139 Å². The van der Waals surface area contributed by atoms with E-state index in [4.69, 9.17) is 4.74 Å². The standard InChI is InChI=1S/C21H29FO/c1-16-19(9-5-4-8-17-6-2-3-7-17)12-13-20(21(16)22)23-15-14-18-10-11-18/h4,8,12-13,17-18H,2-3,5-7,9-11,14-15H2,1H3/b8-4+. The van der Waals surface area contributed by atoms with Crippen LogP contribution in [0.2, 0.25) is 0 Å². The summed E-state index contributed by atoms with van der Waals surface area (Å²) in [4.78, 5) is 0. The van der Waals surface area contributed by atoms with E-state index in [9.17, 15) is 4.39 Å². The van der Waals surface area contributed by atoms with Crippen LogP contribution in [0.3, 0.4) is 0 Å². The maximum Gasteiger partial charge on any atom is 0.168 e. The molecule has 2 heteroatoms. The Morgan fingerprint density at radius 2 is 1.96 bits per heavy atom. The number of hydrogen-bond donors (Lipinski definition) is 0. The Morgan fingerprint density at radius 1 is 1.17 bits per heavy atom. The predicted molar refractivity (Wildman–Crippen MR) is 93.4 cm³/mol. The quantitative estimate of drug-likeness (QED) is 0.535. The third-order valence-electron chi connectivity index (χ3n) is 5.33. The molecule has 0 unspecified atom stereocenters. The van der Waals surface area contributed by atoms with Crippen LogP contribution < -0.4 is 4.74 Å². The van der Waals surface area contributed by atoms with E-state index in [-0.39, 0.29) is 5.82 Å². The zero-order valence-electron chi connectivity index (χ0n) is 14.3. The van der Waals surface area contributed by atoms with Gasteiger partial charge in [0.2, 0.25) is 0 Å². The Balaban J connectivity index is 1.49. The summed E-state index contributed by atoms with van der Waals surface area (Å²) in [6.07, 6.45) is 15.7. The molecule has 23 heavy (non-hydrogen) atoms. The van der Waals surface area contributed by atoms with Crippen LogP contribution in [0.15, 0.2) is 24.3 Å². The number of allylic oxidation sites excluding steroid dienone is 2. The fourth-order valence-corrected chi connectivity index (χ4v) is 3.50. The molecule has 0 atom stereocenters. The molecule has 0 bridgehead atoms. The zero-order valence-corrected chi connectivity index (χ0v) is 14.3. The molecule has 1 aromatic rings. The van der Waals surface area contributed by atoms with Gasteiger partial charge in [-0.15, -0.1) is 0 Å². The molecule has 2 aliphatic rings. The molecule has 1 aromatic carbocycles. The van der Waals surface area contributed by atoms with Crippen molar-refractivity contribution in [3.8, 4) is 5.75 Å². The summed E-state index contributed by atoms with van der Waals surface area (Å²) >= 11 is 0. The Kier molecular flexibility index (Phi) is 5.75. The molecule has 0 radical (unpaired) electrons. The highest BCUT2D eigenvalue weighted by Crippen LogP contribution is 2.33. The van der Waals surface area contributed by atoms with Crippen molar-refractivity contribution < 1.29 is 9.13 Å². The van der Waals surface area contributed by atoms with E-state index in [1.54, 1.807) is 0 Å². The Morgan fingerprint density at radius 3 is 2.70 bits per heavy atom. The smallest absolute Gasteiger partial charge is 0.168 e. The second-order valence-corrected chi connectivity index (χ2v) is 7.25. The van der Waals surface area contributed by atoms with E-state index in [1.807, 2.05) is 19.1 Å². The summed E-state index contributed by atoms with van der Waals surface area (Å²) in [6.45, 7) is 2.52. The van der Waals surface area contributed by atoms with Crippen molar-refractivity contribution in [3.05, 3.63) is 41.2 Å². The van der Waals surface area contributed by atoms with Crippen molar-refractivity contribution in [2.75, 3.05) is 6.61 Å². The maximum absolute atomic E-state index is 14.4. The molecule has 0 N–H and O–H groups in total. The average Bonchev–Trinajstić information content (AvgIpc) is 3.23. The molecule has 0 saturated heterocycles. The van der Waals surface area contributed by atoms with Gasteiger partial charge in [-0.25, -0.2) is 4.39 Å². The molecule has 0 aromatic heterocycles. The van der Waals surface area contributed by atoms with Crippen molar-refractivity contribution in [1.82, 2.24) is 0 Å². The first-order chi connectivity index (χ1) is 11.2. The number of halogens is 1. The fraction of sp³-hybridized carbons (Fsp3) is 0.619. The average molecular weight is 316 g/mol. The number of hydrogen-bond acceptors (Lipinski definition) is 1. The summed E-state index contributed by atoms with van der Waals surface area (Å²) in [6, 6.07) is 3.85. The zero-order chi connectivity index (χ0) is 16.1. The largest absolute Gasteiger partial charge is 0.490 e. The SMILES string of the molecule is Cc1c(CC/C=C/C2CCCC2)ccc(OCCC2CC2)c1F. The maximum atomic E-state index is 14.4. The van der Waals surface area contributed by atoms with Gasteiger partial charge in [-0.3, -0.25) is 0 Å². The summed E-state index contributed by atoms with van der Waals surface area (Å²) in [5.74, 6) is 1.87. The summed E-state index contributed by atoms with van der Waals surface area (Å²) in [7, 11) is 0. The topological polar surface area (TPSA) is 9.23 Å². The van der Waals surface area contributed by atoms with Gasteiger partial charge in [-0.05, 0) is 68.1 Å². The van der Waals surface area contributed by atoms with Crippen LogP contribution in [0.25, 0.3) is 0 Å². The van der Waals surface area contributed by atoms with E-state index >= 15 is 0 Å². The molecule has 1 nitrogen and oxygen atoms in total. The third kappa shape index (κ3) is 4.83. The number of aryl methyl sites for hydroxylation is 1. The number of benzene rings is 1. The van der Waals surface area contributed by atoms with Gasteiger partial charge in [0.25, 0.3) is 0 Å². The van der Waals surface area contributed by atoms with E-state index < -0.39 is 0 Å². The van der Waals surface area contributed by atoms with Crippen LogP contribution in [0.4, 0.5) is 4.39 Å². The molecule has 2 fully saturated rings. The fourth-order valence-electron chi connectivity index (χ4n) is 3.50. The summed E-state index contributed by atoms with van der Waals surface area (Å²) < 4.78 is 20.0. The highest BCUT2D eigenvalue weighted by atomic mass is 19.1. The molecule has 2 saturated carbocycles. The van der Waals surface area contributed by atoms with E-state index in [0.717, 1.165) is 42.2 Å². The molecular weight excluding hydrogens is 287 g/mol. The first-order valence-electron chi connectivity index (χ1n) is 9.31. The van der Waals surface area contributed by atoms with Crippen molar-refractivity contribution in [3.63, 3.8) is 0 Å². The number of ether oxygens (including phenoxy) is 1. The van der Waals surface area contributed by atoms with Crippen molar-refractivity contribution in [2.24, 2.45) is 11.8 Å². The second kappa shape index (κ2) is 7.99. The first-order valence-corrected chi connectivity index (χ1v) is 9.31. The van der Waals surface area contributed by atoms with Gasteiger partial charge >= 0.3 is 0 Å². The van der Waals surface area contributed by atoms with Gasteiger partial charge < -0.3 is 4.74 Å². The minimum absolute atomic E-state index is 0.168. The lowest BCUT2D eigenvalue weighted by Crippen LogP contribution is -2.02. The molecule has 0 heterocycles.